The first kappa shape index (κ1) is 15.4. The second kappa shape index (κ2) is 7.17. The van der Waals surface area contributed by atoms with Gasteiger partial charge in [-0.25, -0.2) is 0 Å². The zero-order valence-corrected chi connectivity index (χ0v) is 12.8. The van der Waals surface area contributed by atoms with Crippen LogP contribution in [0.15, 0.2) is 24.5 Å². The van der Waals surface area contributed by atoms with E-state index in [9.17, 15) is 4.79 Å². The van der Waals surface area contributed by atoms with E-state index in [0.717, 1.165) is 32.5 Å². The maximum atomic E-state index is 12.2. The molecule has 0 unspecified atom stereocenters. The van der Waals surface area contributed by atoms with Crippen molar-refractivity contribution in [2.75, 3.05) is 32.8 Å². The van der Waals surface area contributed by atoms with Gasteiger partial charge < -0.3 is 19.7 Å². The number of pyridine rings is 1. The molecule has 22 heavy (non-hydrogen) atoms. The van der Waals surface area contributed by atoms with E-state index >= 15 is 0 Å². The van der Waals surface area contributed by atoms with E-state index < -0.39 is 5.79 Å². The summed E-state index contributed by atoms with van der Waals surface area (Å²) in [5.41, 5.74) is 1.18. The summed E-state index contributed by atoms with van der Waals surface area (Å²) in [5, 5.41) is 3.30. The van der Waals surface area contributed by atoms with E-state index in [1.54, 1.807) is 12.4 Å². The molecule has 1 amide bonds. The van der Waals surface area contributed by atoms with E-state index in [1.165, 1.54) is 5.56 Å². The first-order valence-electron chi connectivity index (χ1n) is 7.93. The van der Waals surface area contributed by atoms with Crippen molar-refractivity contribution in [2.24, 2.45) is 0 Å². The average Bonchev–Trinajstić information content (AvgIpc) is 3.01. The van der Waals surface area contributed by atoms with Crippen LogP contribution < -0.4 is 5.32 Å². The monoisotopic (exact) mass is 305 g/mol. The van der Waals surface area contributed by atoms with E-state index in [4.69, 9.17) is 9.47 Å². The molecule has 6 heteroatoms. The molecule has 0 bridgehead atoms. The van der Waals surface area contributed by atoms with Gasteiger partial charge in [-0.1, -0.05) is 0 Å². The minimum atomic E-state index is -0.406. The van der Waals surface area contributed by atoms with Crippen molar-refractivity contribution >= 4 is 5.91 Å². The fourth-order valence-electron chi connectivity index (χ4n) is 2.97. The molecule has 2 fully saturated rings. The Hall–Kier alpha value is -1.50. The number of nitrogens with one attached hydrogen (secondary N) is 1. The number of hydrogen-bond acceptors (Lipinski definition) is 5. The Morgan fingerprint density at radius 1 is 1.23 bits per heavy atom. The Morgan fingerprint density at radius 2 is 1.91 bits per heavy atom. The van der Waals surface area contributed by atoms with Gasteiger partial charge in [-0.15, -0.1) is 0 Å². The molecule has 6 nitrogen and oxygen atoms in total. The molecule has 0 atom stereocenters. The molecule has 0 aliphatic carbocycles. The summed E-state index contributed by atoms with van der Waals surface area (Å²) in [4.78, 5) is 18.1. The van der Waals surface area contributed by atoms with Gasteiger partial charge in [0.2, 0.25) is 5.91 Å². The lowest BCUT2D eigenvalue weighted by Gasteiger charge is -2.37. The molecule has 0 radical (unpaired) electrons. The number of nitrogens with zero attached hydrogens (tertiary/aromatic N) is 2. The van der Waals surface area contributed by atoms with Gasteiger partial charge in [0.05, 0.1) is 13.2 Å². The van der Waals surface area contributed by atoms with Gasteiger partial charge in [0.25, 0.3) is 0 Å². The summed E-state index contributed by atoms with van der Waals surface area (Å²) in [7, 11) is 0. The molecule has 3 heterocycles. The predicted octanol–water partition coefficient (Wildman–Crippen LogP) is 0.927. The molecule has 2 aliphatic heterocycles. The van der Waals surface area contributed by atoms with Crippen molar-refractivity contribution < 1.29 is 14.3 Å². The van der Waals surface area contributed by atoms with Gasteiger partial charge >= 0.3 is 0 Å². The number of carbonyl (C=O) groups is 1. The van der Waals surface area contributed by atoms with Gasteiger partial charge in [-0.3, -0.25) is 9.78 Å². The Bertz CT molecular complexity index is 479. The Balaban J connectivity index is 1.34. The Kier molecular flexibility index (Phi) is 5.02. The van der Waals surface area contributed by atoms with Crippen LogP contribution in [0.1, 0.15) is 24.8 Å². The number of rotatable bonds is 5. The van der Waals surface area contributed by atoms with Gasteiger partial charge in [0, 0.05) is 57.8 Å². The van der Waals surface area contributed by atoms with Crippen LogP contribution >= 0.6 is 0 Å². The molecule has 0 aromatic carbocycles. The summed E-state index contributed by atoms with van der Waals surface area (Å²) < 4.78 is 11.4. The molecule has 120 valence electrons. The largest absolute Gasteiger partial charge is 0.347 e. The summed E-state index contributed by atoms with van der Waals surface area (Å²) in [5.74, 6) is -0.203. The van der Waals surface area contributed by atoms with E-state index in [-0.39, 0.29) is 5.91 Å². The molecule has 2 saturated heterocycles. The fraction of sp³-hybridized carbons (Fsp3) is 0.625. The van der Waals surface area contributed by atoms with Crippen LogP contribution in [0.5, 0.6) is 0 Å². The van der Waals surface area contributed by atoms with Crippen LogP contribution in [0.2, 0.25) is 0 Å². The topological polar surface area (TPSA) is 63.7 Å². The number of hydrogen-bond donors (Lipinski definition) is 1. The summed E-state index contributed by atoms with van der Waals surface area (Å²) >= 11 is 0. The Morgan fingerprint density at radius 3 is 2.59 bits per heavy atom. The Labute approximate surface area is 130 Å². The quantitative estimate of drug-likeness (QED) is 0.820. The number of carbonyl (C=O) groups excluding carboxylic acids is 1. The van der Waals surface area contributed by atoms with E-state index in [2.05, 4.69) is 10.3 Å². The number of aromatic nitrogens is 1. The van der Waals surface area contributed by atoms with Gasteiger partial charge in [0.1, 0.15) is 0 Å². The minimum absolute atomic E-state index is 0.204. The van der Waals surface area contributed by atoms with E-state index in [1.807, 2.05) is 17.0 Å². The SMILES string of the molecule is O=C(CCNCc1ccncc1)N1CCC2(CC1)OCCO2. The first-order chi connectivity index (χ1) is 10.8. The van der Waals surface area contributed by atoms with Crippen LogP contribution in [0.3, 0.4) is 0 Å². The second-order valence-electron chi connectivity index (χ2n) is 5.77. The molecule has 1 aromatic rings. The third kappa shape index (κ3) is 3.82. The maximum absolute atomic E-state index is 12.2. The summed E-state index contributed by atoms with van der Waals surface area (Å²) in [6, 6.07) is 3.95. The van der Waals surface area contributed by atoms with Crippen molar-refractivity contribution in [3.63, 3.8) is 0 Å². The van der Waals surface area contributed by atoms with Crippen molar-refractivity contribution in [3.05, 3.63) is 30.1 Å². The molecule has 0 saturated carbocycles. The molecule has 2 aliphatic rings. The average molecular weight is 305 g/mol. The van der Waals surface area contributed by atoms with Crippen LogP contribution in [0.4, 0.5) is 0 Å². The third-order valence-electron chi connectivity index (χ3n) is 4.29. The number of amides is 1. The zero-order chi connectivity index (χ0) is 15.3. The third-order valence-corrected chi connectivity index (χ3v) is 4.29. The van der Waals surface area contributed by atoms with Crippen LogP contribution in [-0.2, 0) is 20.8 Å². The van der Waals surface area contributed by atoms with Crippen molar-refractivity contribution in [2.45, 2.75) is 31.6 Å². The summed E-state index contributed by atoms with van der Waals surface area (Å²) in [6.45, 7) is 4.25. The predicted molar refractivity (Wildman–Crippen MR) is 81.0 cm³/mol. The normalized spacial score (nSPS) is 20.5. The van der Waals surface area contributed by atoms with Crippen LogP contribution in [0, 0.1) is 0 Å². The lowest BCUT2D eigenvalue weighted by molar-refractivity contribution is -0.187. The number of likely N-dealkylation sites (tertiary alicyclic amines) is 1. The molecular weight excluding hydrogens is 282 g/mol. The van der Waals surface area contributed by atoms with Crippen molar-refractivity contribution in [1.82, 2.24) is 15.2 Å². The standard InChI is InChI=1S/C16H23N3O3/c20-15(3-8-18-13-14-1-6-17-7-2-14)19-9-4-16(5-10-19)21-11-12-22-16/h1-2,6-7,18H,3-5,8-13H2. The number of ether oxygens (including phenoxy) is 2. The molecular formula is C16H23N3O3. The van der Waals surface area contributed by atoms with Crippen LogP contribution in [-0.4, -0.2) is 54.4 Å². The fourth-order valence-corrected chi connectivity index (χ4v) is 2.97. The lowest BCUT2D eigenvalue weighted by Crippen LogP contribution is -2.47. The van der Waals surface area contributed by atoms with Gasteiger partial charge in [-0.2, -0.15) is 0 Å². The van der Waals surface area contributed by atoms with Crippen LogP contribution in [0.25, 0.3) is 0 Å². The highest BCUT2D eigenvalue weighted by molar-refractivity contribution is 5.76. The molecule has 3 rings (SSSR count). The molecule has 1 N–H and O–H groups in total. The second-order valence-corrected chi connectivity index (χ2v) is 5.77. The molecule has 1 aromatic heterocycles. The van der Waals surface area contributed by atoms with Crippen molar-refractivity contribution in [1.29, 1.82) is 0 Å². The maximum Gasteiger partial charge on any atom is 0.223 e. The highest BCUT2D eigenvalue weighted by atomic mass is 16.7. The minimum Gasteiger partial charge on any atom is -0.347 e. The van der Waals surface area contributed by atoms with Gasteiger partial charge in [-0.05, 0) is 17.7 Å². The number of piperidine rings is 1. The smallest absolute Gasteiger partial charge is 0.223 e. The molecule has 1 spiro atoms. The zero-order valence-electron chi connectivity index (χ0n) is 12.8. The summed E-state index contributed by atoms with van der Waals surface area (Å²) in [6.07, 6.45) is 5.64. The van der Waals surface area contributed by atoms with Gasteiger partial charge in [0.15, 0.2) is 5.79 Å². The first-order valence-corrected chi connectivity index (χ1v) is 7.93. The van der Waals surface area contributed by atoms with Crippen molar-refractivity contribution in [3.8, 4) is 0 Å². The lowest BCUT2D eigenvalue weighted by atomic mass is 10.0. The highest BCUT2D eigenvalue weighted by Crippen LogP contribution is 2.31. The highest BCUT2D eigenvalue weighted by Gasteiger charge is 2.40. The van der Waals surface area contributed by atoms with E-state index in [0.29, 0.717) is 26.2 Å².